The monoisotopic (exact) mass is 339 g/mol. The quantitative estimate of drug-likeness (QED) is 0.483. The number of carbonyl (C=O) groups excluding carboxylic acids is 1. The van der Waals surface area contributed by atoms with Crippen molar-refractivity contribution in [3.63, 3.8) is 0 Å². The summed E-state index contributed by atoms with van der Waals surface area (Å²) in [5.41, 5.74) is 2.88. The molecular weight excluding hydrogens is 318 g/mol. The highest BCUT2D eigenvalue weighted by Gasteiger charge is 2.11. The number of oxazole rings is 1. The van der Waals surface area contributed by atoms with Crippen molar-refractivity contribution in [3.05, 3.63) is 64.1 Å². The molecule has 0 unspecified atom stereocenters. The van der Waals surface area contributed by atoms with E-state index in [0.717, 1.165) is 24.1 Å². The van der Waals surface area contributed by atoms with E-state index in [1.54, 1.807) is 22.8 Å². The van der Waals surface area contributed by atoms with Gasteiger partial charge in [-0.2, -0.15) is 0 Å². The summed E-state index contributed by atoms with van der Waals surface area (Å²) in [6.07, 6.45) is 1.63. The zero-order valence-corrected chi connectivity index (χ0v) is 14.5. The summed E-state index contributed by atoms with van der Waals surface area (Å²) < 4.78 is 12.6. The average Bonchev–Trinajstić information content (AvgIpc) is 2.89. The zero-order chi connectivity index (χ0) is 17.8. The number of rotatable bonds is 7. The number of carbonyl (C=O) groups is 1. The minimum absolute atomic E-state index is 0.0504. The fourth-order valence-corrected chi connectivity index (χ4v) is 2.76. The SMILES string of the molecule is CC(=O)c1ccc2c(c1)oc(=O)n2CCCCOc1cccc(C)c1. The summed E-state index contributed by atoms with van der Waals surface area (Å²) in [5.74, 6) is 0.420. The lowest BCUT2D eigenvalue weighted by atomic mass is 10.1. The van der Waals surface area contributed by atoms with Crippen LogP contribution >= 0.6 is 0 Å². The summed E-state index contributed by atoms with van der Waals surface area (Å²) in [7, 11) is 0. The molecule has 0 amide bonds. The lowest BCUT2D eigenvalue weighted by Crippen LogP contribution is -2.14. The van der Waals surface area contributed by atoms with Crippen molar-refractivity contribution >= 4 is 16.9 Å². The Morgan fingerprint density at radius 2 is 2.00 bits per heavy atom. The first kappa shape index (κ1) is 17.0. The van der Waals surface area contributed by atoms with Gasteiger partial charge in [0.25, 0.3) is 0 Å². The second-order valence-corrected chi connectivity index (χ2v) is 6.13. The Morgan fingerprint density at radius 1 is 1.16 bits per heavy atom. The number of ketones is 1. The summed E-state index contributed by atoms with van der Waals surface area (Å²) in [5, 5.41) is 0. The van der Waals surface area contributed by atoms with Gasteiger partial charge in [-0.05, 0) is 62.6 Å². The van der Waals surface area contributed by atoms with Crippen LogP contribution in [0, 0.1) is 6.92 Å². The van der Waals surface area contributed by atoms with Crippen LogP contribution in [0.4, 0.5) is 0 Å². The van der Waals surface area contributed by atoms with E-state index in [9.17, 15) is 9.59 Å². The average molecular weight is 339 g/mol. The molecule has 1 heterocycles. The molecule has 0 radical (unpaired) electrons. The molecule has 2 aromatic carbocycles. The predicted molar refractivity (Wildman–Crippen MR) is 96.4 cm³/mol. The molecule has 5 nitrogen and oxygen atoms in total. The molecule has 0 atom stereocenters. The van der Waals surface area contributed by atoms with Gasteiger partial charge < -0.3 is 9.15 Å². The highest BCUT2D eigenvalue weighted by molar-refractivity contribution is 5.96. The van der Waals surface area contributed by atoms with Gasteiger partial charge in [0.2, 0.25) is 0 Å². The van der Waals surface area contributed by atoms with Gasteiger partial charge in [0.15, 0.2) is 11.4 Å². The van der Waals surface area contributed by atoms with Crippen molar-refractivity contribution in [2.75, 3.05) is 6.61 Å². The van der Waals surface area contributed by atoms with Crippen molar-refractivity contribution in [2.24, 2.45) is 0 Å². The number of benzene rings is 2. The fourth-order valence-electron chi connectivity index (χ4n) is 2.76. The van der Waals surface area contributed by atoms with E-state index in [-0.39, 0.29) is 5.78 Å². The van der Waals surface area contributed by atoms with Crippen LogP contribution in [0.2, 0.25) is 0 Å². The fraction of sp³-hybridized carbons (Fsp3) is 0.300. The molecule has 3 aromatic rings. The van der Waals surface area contributed by atoms with Crippen LogP contribution in [0.25, 0.3) is 11.1 Å². The maximum absolute atomic E-state index is 12.0. The van der Waals surface area contributed by atoms with Gasteiger partial charge >= 0.3 is 5.76 Å². The molecule has 0 fully saturated rings. The molecule has 25 heavy (non-hydrogen) atoms. The van der Waals surface area contributed by atoms with Crippen LogP contribution in [-0.2, 0) is 6.54 Å². The molecule has 0 bridgehead atoms. The molecule has 0 spiro atoms. The van der Waals surface area contributed by atoms with Crippen LogP contribution in [0.5, 0.6) is 5.75 Å². The van der Waals surface area contributed by atoms with Crippen molar-refractivity contribution in [1.82, 2.24) is 4.57 Å². The number of Topliss-reactive ketones (excluding diaryl/α,β-unsaturated/α-hetero) is 1. The second kappa shape index (κ2) is 7.38. The Labute approximate surface area is 145 Å². The summed E-state index contributed by atoms with van der Waals surface area (Å²) in [4.78, 5) is 23.4. The van der Waals surface area contributed by atoms with E-state index in [2.05, 4.69) is 0 Å². The molecule has 0 N–H and O–H groups in total. The molecule has 5 heteroatoms. The van der Waals surface area contributed by atoms with Crippen LogP contribution < -0.4 is 10.5 Å². The van der Waals surface area contributed by atoms with Gasteiger partial charge in [-0.1, -0.05) is 12.1 Å². The van der Waals surface area contributed by atoms with Crippen LogP contribution in [0.15, 0.2) is 51.7 Å². The molecule has 1 aromatic heterocycles. The van der Waals surface area contributed by atoms with E-state index in [4.69, 9.17) is 9.15 Å². The minimum Gasteiger partial charge on any atom is -0.494 e. The van der Waals surface area contributed by atoms with Gasteiger partial charge in [-0.3, -0.25) is 9.36 Å². The Morgan fingerprint density at radius 3 is 2.76 bits per heavy atom. The predicted octanol–water partition coefficient (Wildman–Crippen LogP) is 3.96. The first-order chi connectivity index (χ1) is 12.0. The summed E-state index contributed by atoms with van der Waals surface area (Å²) in [6, 6.07) is 13.0. The topological polar surface area (TPSA) is 61.4 Å². The van der Waals surface area contributed by atoms with E-state index in [1.807, 2.05) is 31.2 Å². The maximum atomic E-state index is 12.0. The first-order valence-electron chi connectivity index (χ1n) is 8.38. The van der Waals surface area contributed by atoms with Crippen molar-refractivity contribution < 1.29 is 13.9 Å². The van der Waals surface area contributed by atoms with Gasteiger partial charge in [-0.15, -0.1) is 0 Å². The first-order valence-corrected chi connectivity index (χ1v) is 8.38. The number of unbranched alkanes of at least 4 members (excludes halogenated alkanes) is 1. The highest BCUT2D eigenvalue weighted by atomic mass is 16.5. The molecular formula is C20H21NO4. The van der Waals surface area contributed by atoms with Gasteiger partial charge in [0.1, 0.15) is 5.75 Å². The normalized spacial score (nSPS) is 11.0. The Balaban J connectivity index is 1.59. The van der Waals surface area contributed by atoms with Gasteiger partial charge in [-0.25, -0.2) is 4.79 Å². The number of aromatic nitrogens is 1. The van der Waals surface area contributed by atoms with E-state index in [1.165, 1.54) is 12.5 Å². The number of nitrogens with zero attached hydrogens (tertiary/aromatic N) is 1. The van der Waals surface area contributed by atoms with Crippen LogP contribution in [0.1, 0.15) is 35.7 Å². The van der Waals surface area contributed by atoms with Crippen molar-refractivity contribution in [2.45, 2.75) is 33.2 Å². The van der Waals surface area contributed by atoms with E-state index < -0.39 is 5.76 Å². The lowest BCUT2D eigenvalue weighted by molar-refractivity contribution is 0.101. The third-order valence-electron chi connectivity index (χ3n) is 4.11. The van der Waals surface area contributed by atoms with Crippen LogP contribution in [0.3, 0.4) is 0 Å². The molecule has 0 saturated heterocycles. The third-order valence-corrected chi connectivity index (χ3v) is 4.11. The Bertz CT molecular complexity index is 952. The van der Waals surface area contributed by atoms with Crippen molar-refractivity contribution in [1.29, 1.82) is 0 Å². The molecule has 130 valence electrons. The highest BCUT2D eigenvalue weighted by Crippen LogP contribution is 2.17. The number of hydrogen-bond donors (Lipinski definition) is 0. The Hall–Kier alpha value is -2.82. The summed E-state index contributed by atoms with van der Waals surface area (Å²) in [6.45, 7) is 4.68. The summed E-state index contributed by atoms with van der Waals surface area (Å²) >= 11 is 0. The largest absolute Gasteiger partial charge is 0.494 e. The number of aryl methyl sites for hydroxylation is 2. The van der Waals surface area contributed by atoms with Crippen molar-refractivity contribution in [3.8, 4) is 5.75 Å². The maximum Gasteiger partial charge on any atom is 0.419 e. The third kappa shape index (κ3) is 3.99. The minimum atomic E-state index is -0.393. The molecule has 3 rings (SSSR count). The molecule has 0 aliphatic heterocycles. The smallest absolute Gasteiger partial charge is 0.419 e. The van der Waals surface area contributed by atoms with E-state index >= 15 is 0 Å². The molecule has 0 aliphatic carbocycles. The Kier molecular flexibility index (Phi) is 5.03. The molecule has 0 saturated carbocycles. The van der Waals surface area contributed by atoms with Crippen LogP contribution in [-0.4, -0.2) is 17.0 Å². The van der Waals surface area contributed by atoms with Gasteiger partial charge in [0, 0.05) is 12.1 Å². The van der Waals surface area contributed by atoms with E-state index in [0.29, 0.717) is 24.3 Å². The van der Waals surface area contributed by atoms with Gasteiger partial charge in [0.05, 0.1) is 12.1 Å². The lowest BCUT2D eigenvalue weighted by Gasteiger charge is -2.07. The number of hydrogen-bond acceptors (Lipinski definition) is 4. The molecule has 0 aliphatic rings. The second-order valence-electron chi connectivity index (χ2n) is 6.13. The standard InChI is InChI=1S/C20H21NO4/c1-14-6-5-7-17(12-14)24-11-4-3-10-21-18-9-8-16(15(2)22)13-19(18)25-20(21)23/h5-9,12-13H,3-4,10-11H2,1-2H3. The number of fused-ring (bicyclic) bond motifs is 1. The zero-order valence-electron chi connectivity index (χ0n) is 14.5. The number of ether oxygens (including phenoxy) is 1.